The van der Waals surface area contributed by atoms with Crippen LogP contribution in [-0.4, -0.2) is 53.6 Å². The summed E-state index contributed by atoms with van der Waals surface area (Å²) in [5.41, 5.74) is 5.21. The number of primary amides is 1. The predicted molar refractivity (Wildman–Crippen MR) is 60.9 cm³/mol. The van der Waals surface area contributed by atoms with E-state index in [1.165, 1.54) is 17.7 Å². The Labute approximate surface area is 100 Å². The van der Waals surface area contributed by atoms with E-state index in [-0.39, 0.29) is 25.4 Å². The molecule has 1 heterocycles. The Bertz CT molecular complexity index is 317. The highest BCUT2D eigenvalue weighted by molar-refractivity contribution is 5.88. The molecule has 17 heavy (non-hydrogen) atoms. The number of nitrogens with one attached hydrogen (secondary N) is 1. The molecule has 96 valence electrons. The number of nitrogens with zero attached hydrogens (tertiary/aromatic N) is 1. The third kappa shape index (κ3) is 3.17. The summed E-state index contributed by atoms with van der Waals surface area (Å²) >= 11 is 0. The summed E-state index contributed by atoms with van der Waals surface area (Å²) in [4.78, 5) is 24.4. The molecular formula is C11H19N3O3. The minimum absolute atomic E-state index is 0.161. The second-order valence-electron chi connectivity index (χ2n) is 4.93. The molecule has 1 aliphatic carbocycles. The van der Waals surface area contributed by atoms with Crippen LogP contribution < -0.4 is 11.1 Å². The molecule has 0 aromatic carbocycles. The van der Waals surface area contributed by atoms with Crippen molar-refractivity contribution in [2.75, 3.05) is 19.6 Å². The molecule has 0 spiro atoms. The molecule has 6 heteroatoms. The number of β-amino-alcohol motifs (C(OH)–C–C–N with tert-alkyl or cyclic N) is 1. The van der Waals surface area contributed by atoms with Crippen LogP contribution >= 0.6 is 0 Å². The number of aliphatic hydroxyl groups excluding tert-OH is 1. The zero-order valence-electron chi connectivity index (χ0n) is 9.76. The molecule has 2 atom stereocenters. The van der Waals surface area contributed by atoms with Crippen molar-refractivity contribution in [3.63, 3.8) is 0 Å². The van der Waals surface area contributed by atoms with Crippen LogP contribution in [0.25, 0.3) is 0 Å². The summed E-state index contributed by atoms with van der Waals surface area (Å²) in [5.74, 6) is 0.00185. The van der Waals surface area contributed by atoms with Crippen LogP contribution in [-0.2, 0) is 9.59 Å². The molecule has 2 amide bonds. The summed E-state index contributed by atoms with van der Waals surface area (Å²) in [5, 5.41) is 12.5. The van der Waals surface area contributed by atoms with E-state index in [0.717, 1.165) is 6.54 Å². The smallest absolute Gasteiger partial charge is 0.240 e. The third-order valence-electron chi connectivity index (χ3n) is 3.33. The van der Waals surface area contributed by atoms with Crippen LogP contribution in [0.2, 0.25) is 0 Å². The van der Waals surface area contributed by atoms with E-state index in [2.05, 4.69) is 5.32 Å². The zero-order valence-corrected chi connectivity index (χ0v) is 9.76. The lowest BCUT2D eigenvalue weighted by Crippen LogP contribution is -2.47. The van der Waals surface area contributed by atoms with E-state index in [4.69, 9.17) is 5.73 Å². The lowest BCUT2D eigenvalue weighted by molar-refractivity contribution is -0.136. The Morgan fingerprint density at radius 3 is 2.71 bits per heavy atom. The Morgan fingerprint density at radius 2 is 2.12 bits per heavy atom. The van der Waals surface area contributed by atoms with E-state index in [9.17, 15) is 14.7 Å². The van der Waals surface area contributed by atoms with Crippen molar-refractivity contribution < 1.29 is 14.7 Å². The fourth-order valence-electron chi connectivity index (χ4n) is 2.17. The van der Waals surface area contributed by atoms with Crippen LogP contribution in [0.3, 0.4) is 0 Å². The summed E-state index contributed by atoms with van der Waals surface area (Å²) in [7, 11) is 0. The Kier molecular flexibility index (Phi) is 3.63. The average molecular weight is 241 g/mol. The number of nitrogens with two attached hydrogens (primary N) is 1. The number of hydrogen-bond acceptors (Lipinski definition) is 4. The minimum Gasteiger partial charge on any atom is -0.391 e. The molecule has 0 aromatic heterocycles. The first-order valence-corrected chi connectivity index (χ1v) is 6.05. The maximum Gasteiger partial charge on any atom is 0.240 e. The van der Waals surface area contributed by atoms with Crippen LogP contribution in [0.4, 0.5) is 0 Å². The van der Waals surface area contributed by atoms with Gasteiger partial charge in [-0.25, -0.2) is 0 Å². The second-order valence-corrected chi connectivity index (χ2v) is 4.93. The lowest BCUT2D eigenvalue weighted by Gasteiger charge is -2.22. The minimum atomic E-state index is -0.653. The first-order valence-electron chi connectivity index (χ1n) is 6.05. The van der Waals surface area contributed by atoms with Crippen LogP contribution in [0, 0.1) is 5.92 Å². The van der Waals surface area contributed by atoms with Crippen molar-refractivity contribution in [1.82, 2.24) is 10.2 Å². The summed E-state index contributed by atoms with van der Waals surface area (Å²) < 4.78 is 0. The van der Waals surface area contributed by atoms with E-state index in [1.54, 1.807) is 0 Å². The molecule has 2 fully saturated rings. The molecule has 2 aliphatic rings. The number of likely N-dealkylation sites (tertiary alicyclic amines) is 1. The standard InChI is InChI=1S/C11H19N3O3/c12-11(17)9-3-8(15)6-14(9)10(16)5-13-4-7-1-2-7/h7-9,13,15H,1-6H2,(H2,12,17). The topological polar surface area (TPSA) is 95.7 Å². The molecule has 0 radical (unpaired) electrons. The summed E-state index contributed by atoms with van der Waals surface area (Å²) in [6.45, 7) is 1.27. The number of hydrogen-bond donors (Lipinski definition) is 3. The van der Waals surface area contributed by atoms with Crippen molar-refractivity contribution in [2.45, 2.75) is 31.4 Å². The third-order valence-corrected chi connectivity index (χ3v) is 3.33. The molecule has 2 rings (SSSR count). The average Bonchev–Trinajstić information content (AvgIpc) is 2.99. The first kappa shape index (κ1) is 12.3. The van der Waals surface area contributed by atoms with Gasteiger partial charge in [-0.2, -0.15) is 0 Å². The van der Waals surface area contributed by atoms with Gasteiger partial charge < -0.3 is 21.1 Å². The van der Waals surface area contributed by atoms with Gasteiger partial charge in [0.1, 0.15) is 6.04 Å². The molecule has 1 saturated heterocycles. The van der Waals surface area contributed by atoms with E-state index in [1.807, 2.05) is 0 Å². The van der Waals surface area contributed by atoms with Crippen molar-refractivity contribution in [1.29, 1.82) is 0 Å². The van der Waals surface area contributed by atoms with Crippen LogP contribution in [0.15, 0.2) is 0 Å². The van der Waals surface area contributed by atoms with Gasteiger partial charge in [0.15, 0.2) is 0 Å². The molecule has 0 bridgehead atoms. The van der Waals surface area contributed by atoms with E-state index in [0.29, 0.717) is 5.92 Å². The number of amides is 2. The number of rotatable bonds is 5. The highest BCUT2D eigenvalue weighted by Gasteiger charge is 2.37. The molecule has 0 aromatic rings. The van der Waals surface area contributed by atoms with Gasteiger partial charge in [0.25, 0.3) is 0 Å². The quantitative estimate of drug-likeness (QED) is 0.542. The summed E-state index contributed by atoms with van der Waals surface area (Å²) in [6.07, 6.45) is 2.07. The Morgan fingerprint density at radius 1 is 1.41 bits per heavy atom. The van der Waals surface area contributed by atoms with Crippen molar-refractivity contribution in [3.8, 4) is 0 Å². The van der Waals surface area contributed by atoms with Crippen molar-refractivity contribution in [2.24, 2.45) is 11.7 Å². The first-order chi connectivity index (χ1) is 8.08. The fraction of sp³-hybridized carbons (Fsp3) is 0.818. The van der Waals surface area contributed by atoms with Crippen molar-refractivity contribution >= 4 is 11.8 Å². The predicted octanol–water partition coefficient (Wildman–Crippen LogP) is -1.57. The highest BCUT2D eigenvalue weighted by Crippen LogP contribution is 2.27. The molecule has 1 aliphatic heterocycles. The second kappa shape index (κ2) is 5.01. The van der Waals surface area contributed by atoms with Crippen LogP contribution in [0.5, 0.6) is 0 Å². The number of carbonyl (C=O) groups is 2. The van der Waals surface area contributed by atoms with Gasteiger partial charge in [-0.15, -0.1) is 0 Å². The van der Waals surface area contributed by atoms with Gasteiger partial charge in [-0.3, -0.25) is 9.59 Å². The molecule has 1 saturated carbocycles. The van der Waals surface area contributed by atoms with Gasteiger partial charge in [-0.05, 0) is 25.3 Å². The normalized spacial score (nSPS) is 28.4. The maximum absolute atomic E-state index is 11.9. The Hall–Kier alpha value is -1.14. The van der Waals surface area contributed by atoms with Crippen LogP contribution in [0.1, 0.15) is 19.3 Å². The molecule has 4 N–H and O–H groups in total. The highest BCUT2D eigenvalue weighted by atomic mass is 16.3. The molecular weight excluding hydrogens is 222 g/mol. The summed E-state index contributed by atoms with van der Waals surface area (Å²) in [6, 6.07) is -0.653. The SMILES string of the molecule is NC(=O)C1CC(O)CN1C(=O)CNCC1CC1. The zero-order chi connectivity index (χ0) is 12.4. The Balaban J connectivity index is 1.81. The van der Waals surface area contributed by atoms with Gasteiger partial charge in [0.2, 0.25) is 11.8 Å². The van der Waals surface area contributed by atoms with E-state index < -0.39 is 18.1 Å². The van der Waals surface area contributed by atoms with Gasteiger partial charge in [0.05, 0.1) is 12.6 Å². The van der Waals surface area contributed by atoms with Crippen molar-refractivity contribution in [3.05, 3.63) is 0 Å². The largest absolute Gasteiger partial charge is 0.391 e. The maximum atomic E-state index is 11.9. The lowest BCUT2D eigenvalue weighted by atomic mass is 10.2. The number of carbonyl (C=O) groups excluding carboxylic acids is 2. The van der Waals surface area contributed by atoms with Gasteiger partial charge in [-0.1, -0.05) is 0 Å². The van der Waals surface area contributed by atoms with E-state index >= 15 is 0 Å². The fourth-order valence-corrected chi connectivity index (χ4v) is 2.17. The number of aliphatic hydroxyl groups is 1. The van der Waals surface area contributed by atoms with Gasteiger partial charge in [0, 0.05) is 13.0 Å². The molecule has 6 nitrogen and oxygen atoms in total. The molecule has 2 unspecified atom stereocenters. The monoisotopic (exact) mass is 241 g/mol. The van der Waals surface area contributed by atoms with Gasteiger partial charge >= 0.3 is 0 Å².